The van der Waals surface area contributed by atoms with E-state index in [1.54, 1.807) is 0 Å². The molecule has 0 saturated heterocycles. The first kappa shape index (κ1) is 12.4. The standard InChI is InChI=1S/C15H18N2O/c1-15(2,3)16-14(18)12-7-6-8-13(11-12)17-9-4-5-10-17/h4-11H,1-3H3,(H,16,18). The first-order valence-electron chi connectivity index (χ1n) is 6.02. The Morgan fingerprint density at radius 2 is 1.78 bits per heavy atom. The van der Waals surface area contributed by atoms with E-state index in [9.17, 15) is 4.79 Å². The van der Waals surface area contributed by atoms with Crippen molar-refractivity contribution in [3.05, 3.63) is 54.4 Å². The van der Waals surface area contributed by atoms with Crippen LogP contribution < -0.4 is 5.32 Å². The molecule has 1 amide bonds. The Balaban J connectivity index is 2.25. The zero-order chi connectivity index (χ0) is 13.2. The quantitative estimate of drug-likeness (QED) is 0.863. The predicted molar refractivity (Wildman–Crippen MR) is 73.0 cm³/mol. The Morgan fingerprint density at radius 3 is 2.39 bits per heavy atom. The Labute approximate surface area is 107 Å². The zero-order valence-electron chi connectivity index (χ0n) is 11.0. The fraction of sp³-hybridized carbons (Fsp3) is 0.267. The highest BCUT2D eigenvalue weighted by atomic mass is 16.1. The molecule has 0 fully saturated rings. The second-order valence-electron chi connectivity index (χ2n) is 5.34. The lowest BCUT2D eigenvalue weighted by atomic mass is 10.1. The number of nitrogens with zero attached hydrogens (tertiary/aromatic N) is 1. The molecule has 2 aromatic rings. The van der Waals surface area contributed by atoms with Crippen molar-refractivity contribution in [2.45, 2.75) is 26.3 Å². The number of carbonyl (C=O) groups excluding carboxylic acids is 1. The van der Waals surface area contributed by atoms with Gasteiger partial charge in [0.2, 0.25) is 0 Å². The second kappa shape index (κ2) is 4.69. The maximum Gasteiger partial charge on any atom is 0.251 e. The normalized spacial score (nSPS) is 11.3. The van der Waals surface area contributed by atoms with E-state index < -0.39 is 0 Å². The van der Waals surface area contributed by atoms with Crippen molar-refractivity contribution in [3.8, 4) is 5.69 Å². The van der Waals surface area contributed by atoms with Gasteiger partial charge in [-0.1, -0.05) is 6.07 Å². The molecule has 1 aromatic heterocycles. The van der Waals surface area contributed by atoms with Gasteiger partial charge in [0.1, 0.15) is 0 Å². The van der Waals surface area contributed by atoms with Gasteiger partial charge in [0.25, 0.3) is 5.91 Å². The van der Waals surface area contributed by atoms with Gasteiger partial charge < -0.3 is 9.88 Å². The van der Waals surface area contributed by atoms with Gasteiger partial charge in [-0.2, -0.15) is 0 Å². The van der Waals surface area contributed by atoms with Gasteiger partial charge in [0.05, 0.1) is 0 Å². The summed E-state index contributed by atoms with van der Waals surface area (Å²) < 4.78 is 1.98. The van der Waals surface area contributed by atoms with Crippen LogP contribution in [0.5, 0.6) is 0 Å². The Kier molecular flexibility index (Phi) is 3.24. The molecule has 0 atom stereocenters. The minimum absolute atomic E-state index is 0.0449. The third-order valence-corrected chi connectivity index (χ3v) is 2.50. The van der Waals surface area contributed by atoms with Gasteiger partial charge in [0, 0.05) is 29.2 Å². The number of nitrogens with one attached hydrogen (secondary N) is 1. The Morgan fingerprint density at radius 1 is 1.11 bits per heavy atom. The van der Waals surface area contributed by atoms with E-state index in [0.29, 0.717) is 5.56 Å². The van der Waals surface area contributed by atoms with Gasteiger partial charge in [-0.3, -0.25) is 4.79 Å². The Hall–Kier alpha value is -2.03. The van der Waals surface area contributed by atoms with E-state index >= 15 is 0 Å². The highest BCUT2D eigenvalue weighted by Gasteiger charge is 2.15. The summed E-state index contributed by atoms with van der Waals surface area (Å²) in [5, 5.41) is 2.96. The van der Waals surface area contributed by atoms with Crippen LogP contribution in [0.25, 0.3) is 5.69 Å². The molecule has 3 nitrogen and oxygen atoms in total. The second-order valence-corrected chi connectivity index (χ2v) is 5.34. The van der Waals surface area contributed by atoms with Crippen molar-refractivity contribution in [2.75, 3.05) is 0 Å². The van der Waals surface area contributed by atoms with E-state index in [-0.39, 0.29) is 11.4 Å². The molecule has 3 heteroatoms. The number of rotatable bonds is 2. The van der Waals surface area contributed by atoms with E-state index in [1.165, 1.54) is 0 Å². The number of carbonyl (C=O) groups is 1. The molecule has 0 aliphatic rings. The number of benzene rings is 1. The summed E-state index contributed by atoms with van der Waals surface area (Å²) >= 11 is 0. The minimum atomic E-state index is -0.222. The molecule has 0 aliphatic heterocycles. The van der Waals surface area contributed by atoms with Crippen molar-refractivity contribution in [1.29, 1.82) is 0 Å². The maximum absolute atomic E-state index is 12.1. The van der Waals surface area contributed by atoms with Crippen LogP contribution in [0.4, 0.5) is 0 Å². The van der Waals surface area contributed by atoms with E-state index in [1.807, 2.05) is 74.1 Å². The monoisotopic (exact) mass is 242 g/mol. The number of amides is 1. The van der Waals surface area contributed by atoms with Gasteiger partial charge in [0.15, 0.2) is 0 Å². The van der Waals surface area contributed by atoms with Crippen LogP contribution in [0.15, 0.2) is 48.8 Å². The van der Waals surface area contributed by atoms with Crippen LogP contribution in [-0.4, -0.2) is 16.0 Å². The first-order valence-corrected chi connectivity index (χ1v) is 6.02. The fourth-order valence-corrected chi connectivity index (χ4v) is 1.73. The van der Waals surface area contributed by atoms with Crippen LogP contribution in [0, 0.1) is 0 Å². The largest absolute Gasteiger partial charge is 0.347 e. The molecule has 1 heterocycles. The summed E-state index contributed by atoms with van der Waals surface area (Å²) in [4.78, 5) is 12.1. The molecular weight excluding hydrogens is 224 g/mol. The topological polar surface area (TPSA) is 34.0 Å². The summed E-state index contributed by atoms with van der Waals surface area (Å²) in [6.45, 7) is 5.92. The van der Waals surface area contributed by atoms with Gasteiger partial charge in [-0.25, -0.2) is 0 Å². The number of aromatic nitrogens is 1. The van der Waals surface area contributed by atoms with Crippen molar-refractivity contribution in [2.24, 2.45) is 0 Å². The van der Waals surface area contributed by atoms with Crippen molar-refractivity contribution in [1.82, 2.24) is 9.88 Å². The lowest BCUT2D eigenvalue weighted by Crippen LogP contribution is -2.40. The molecule has 1 aromatic carbocycles. The van der Waals surface area contributed by atoms with Crippen molar-refractivity contribution in [3.63, 3.8) is 0 Å². The molecule has 0 aliphatic carbocycles. The first-order chi connectivity index (χ1) is 8.46. The third kappa shape index (κ3) is 3.00. The molecule has 94 valence electrons. The van der Waals surface area contributed by atoms with Crippen molar-refractivity contribution >= 4 is 5.91 Å². The van der Waals surface area contributed by atoms with E-state index in [2.05, 4.69) is 5.32 Å². The molecule has 1 N–H and O–H groups in total. The van der Waals surface area contributed by atoms with Crippen LogP contribution in [0.2, 0.25) is 0 Å². The van der Waals surface area contributed by atoms with Crippen LogP contribution in [0.3, 0.4) is 0 Å². The maximum atomic E-state index is 12.1. The lowest BCUT2D eigenvalue weighted by molar-refractivity contribution is 0.0919. The van der Waals surface area contributed by atoms with Crippen LogP contribution >= 0.6 is 0 Å². The lowest BCUT2D eigenvalue weighted by Gasteiger charge is -2.20. The predicted octanol–water partition coefficient (Wildman–Crippen LogP) is 3.01. The molecule has 0 bridgehead atoms. The van der Waals surface area contributed by atoms with Gasteiger partial charge >= 0.3 is 0 Å². The molecule has 0 unspecified atom stereocenters. The Bertz CT molecular complexity index is 536. The highest BCUT2D eigenvalue weighted by molar-refractivity contribution is 5.95. The number of hydrogen-bond donors (Lipinski definition) is 1. The van der Waals surface area contributed by atoms with Crippen LogP contribution in [-0.2, 0) is 0 Å². The van der Waals surface area contributed by atoms with E-state index in [4.69, 9.17) is 0 Å². The summed E-state index contributed by atoms with van der Waals surface area (Å²) in [6, 6.07) is 11.5. The fourth-order valence-electron chi connectivity index (χ4n) is 1.73. The third-order valence-electron chi connectivity index (χ3n) is 2.50. The summed E-state index contributed by atoms with van der Waals surface area (Å²) in [5.74, 6) is -0.0449. The average Bonchev–Trinajstić information content (AvgIpc) is 2.80. The SMILES string of the molecule is CC(C)(C)NC(=O)c1cccc(-n2cccc2)c1. The molecular formula is C15H18N2O. The molecule has 0 spiro atoms. The molecule has 2 rings (SSSR count). The smallest absolute Gasteiger partial charge is 0.251 e. The average molecular weight is 242 g/mol. The van der Waals surface area contributed by atoms with E-state index in [0.717, 1.165) is 5.69 Å². The molecule has 0 radical (unpaired) electrons. The van der Waals surface area contributed by atoms with Gasteiger partial charge in [-0.15, -0.1) is 0 Å². The summed E-state index contributed by atoms with van der Waals surface area (Å²) in [7, 11) is 0. The highest BCUT2D eigenvalue weighted by Crippen LogP contribution is 2.12. The molecule has 0 saturated carbocycles. The summed E-state index contributed by atoms with van der Waals surface area (Å²) in [6.07, 6.45) is 3.92. The van der Waals surface area contributed by atoms with Gasteiger partial charge in [-0.05, 0) is 51.1 Å². The summed E-state index contributed by atoms with van der Waals surface area (Å²) in [5.41, 5.74) is 1.44. The number of hydrogen-bond acceptors (Lipinski definition) is 1. The molecule has 18 heavy (non-hydrogen) atoms. The van der Waals surface area contributed by atoms with Crippen LogP contribution in [0.1, 0.15) is 31.1 Å². The van der Waals surface area contributed by atoms with Crippen molar-refractivity contribution < 1.29 is 4.79 Å². The minimum Gasteiger partial charge on any atom is -0.347 e. The zero-order valence-corrected chi connectivity index (χ0v) is 11.0.